The van der Waals surface area contributed by atoms with Crippen LogP contribution in [0.4, 0.5) is 0 Å². The first-order chi connectivity index (χ1) is 22.1. The number of rotatable bonds is 16. The first-order valence-electron chi connectivity index (χ1n) is 15.1. The van der Waals surface area contributed by atoms with Gasteiger partial charge in [-0.25, -0.2) is 4.79 Å². The van der Waals surface area contributed by atoms with Crippen LogP contribution in [0, 0.1) is 0 Å². The van der Waals surface area contributed by atoms with E-state index in [9.17, 15) is 9.90 Å². The van der Waals surface area contributed by atoms with Gasteiger partial charge in [0.25, 0.3) is 0 Å². The number of nitrogens with zero attached hydrogens (tertiary/aromatic N) is 2. The molecule has 47 heavy (non-hydrogen) atoms. The van der Waals surface area contributed by atoms with E-state index in [0.29, 0.717) is 35.9 Å². The average molecular weight is 680 g/mol. The molecule has 5 aromatic rings. The van der Waals surface area contributed by atoms with Crippen LogP contribution in [0.5, 0.6) is 23.0 Å². The summed E-state index contributed by atoms with van der Waals surface area (Å²) in [5.41, 5.74) is 3.05. The molecule has 1 atom stereocenters. The van der Waals surface area contributed by atoms with E-state index in [4.69, 9.17) is 18.9 Å². The van der Waals surface area contributed by atoms with Gasteiger partial charge < -0.3 is 24.1 Å². The Labute approximate surface area is 288 Å². The molecule has 1 N–H and O–H groups in total. The largest absolute Gasteiger partial charge is 0.491 e. The highest BCUT2D eigenvalue weighted by atomic mass is 35.5. The summed E-state index contributed by atoms with van der Waals surface area (Å²) in [6, 6.07) is 35.1. The number of para-hydroxylation sites is 1. The second-order valence-electron chi connectivity index (χ2n) is 10.6. The number of hydrogen-bond acceptors (Lipinski definition) is 8. The number of aliphatic hydroxyl groups is 1. The van der Waals surface area contributed by atoms with Crippen molar-refractivity contribution in [3.63, 3.8) is 0 Å². The zero-order valence-corrected chi connectivity index (χ0v) is 27.8. The highest BCUT2D eigenvalue weighted by Crippen LogP contribution is 2.31. The third-order valence-electron chi connectivity index (χ3n) is 7.11. The number of aliphatic hydroxyl groups excluding tert-OH is 1. The molecule has 0 spiro atoms. The molecule has 1 heterocycles. The second-order valence-corrected chi connectivity index (χ2v) is 10.6. The average Bonchev–Trinajstić information content (AvgIpc) is 3.07. The van der Waals surface area contributed by atoms with Crippen LogP contribution in [0.3, 0.4) is 0 Å². The van der Waals surface area contributed by atoms with Crippen LogP contribution in [0.2, 0.25) is 0 Å². The summed E-state index contributed by atoms with van der Waals surface area (Å²) in [6.07, 6.45) is 1.87. The van der Waals surface area contributed by atoms with Gasteiger partial charge in [-0.3, -0.25) is 9.88 Å². The Kier molecular flexibility index (Phi) is 15.3. The van der Waals surface area contributed by atoms with E-state index in [1.165, 1.54) is 11.1 Å². The van der Waals surface area contributed by atoms with Gasteiger partial charge >= 0.3 is 5.97 Å². The van der Waals surface area contributed by atoms with Crippen LogP contribution in [0.15, 0.2) is 115 Å². The molecule has 0 amide bonds. The number of fused-ring (bicyclic) bond motifs is 1. The van der Waals surface area contributed by atoms with Gasteiger partial charge in [0.15, 0.2) is 6.61 Å². The summed E-state index contributed by atoms with van der Waals surface area (Å²) < 4.78 is 22.5. The molecule has 1 aromatic heterocycles. The molecule has 4 aromatic carbocycles. The number of esters is 1. The smallest absolute Gasteiger partial charge is 0.344 e. The Hall–Kier alpha value is -4.34. The first-order valence-corrected chi connectivity index (χ1v) is 15.1. The lowest BCUT2D eigenvalue weighted by Crippen LogP contribution is -2.36. The summed E-state index contributed by atoms with van der Waals surface area (Å²) in [6.45, 7) is 4.13. The quantitative estimate of drug-likeness (QED) is 0.109. The fraction of sp³-hybridized carbons (Fsp3) is 0.243. The predicted octanol–water partition coefficient (Wildman–Crippen LogP) is 7.30. The molecule has 10 heteroatoms. The standard InChI is InChI=1S/C37H38N2O6.2ClH/c1-2-42-37(41)27-44-33-17-18-34-35(23-33)38-21-19-36(34)45-32-15-13-28(14-16-32)20-22-39(24-29-9-5-3-6-10-29)25-30(40)26-43-31-11-7-4-8-12-31;;/h3-19,21,23,30,40H,2,20,22,24-27H2,1H3;2*1H/t30-;;/m0../s1. The van der Waals surface area contributed by atoms with Crippen molar-refractivity contribution >= 4 is 41.7 Å². The second kappa shape index (κ2) is 19.4. The number of carbonyl (C=O) groups is 1. The van der Waals surface area contributed by atoms with Gasteiger partial charge in [-0.05, 0) is 66.9 Å². The molecule has 0 saturated heterocycles. The molecule has 0 aliphatic heterocycles. The summed E-state index contributed by atoms with van der Waals surface area (Å²) in [5, 5.41) is 11.6. The van der Waals surface area contributed by atoms with Gasteiger partial charge in [-0.1, -0.05) is 60.7 Å². The van der Waals surface area contributed by atoms with Crippen LogP contribution in [-0.4, -0.2) is 60.0 Å². The molecule has 248 valence electrons. The molecule has 0 bridgehead atoms. The van der Waals surface area contributed by atoms with Crippen molar-refractivity contribution in [2.45, 2.75) is 26.0 Å². The van der Waals surface area contributed by atoms with Crippen molar-refractivity contribution in [2.75, 3.05) is 32.9 Å². The molecule has 5 rings (SSSR count). The lowest BCUT2D eigenvalue weighted by molar-refractivity contribution is -0.145. The molecule has 0 unspecified atom stereocenters. The van der Waals surface area contributed by atoms with Crippen molar-refractivity contribution in [3.8, 4) is 23.0 Å². The van der Waals surface area contributed by atoms with Crippen molar-refractivity contribution in [2.24, 2.45) is 0 Å². The van der Waals surface area contributed by atoms with E-state index in [1.54, 1.807) is 25.3 Å². The van der Waals surface area contributed by atoms with Gasteiger partial charge in [0, 0.05) is 37.3 Å². The van der Waals surface area contributed by atoms with Crippen molar-refractivity contribution in [1.29, 1.82) is 0 Å². The van der Waals surface area contributed by atoms with Gasteiger partial charge in [0.05, 0.1) is 12.1 Å². The van der Waals surface area contributed by atoms with E-state index >= 15 is 0 Å². The lowest BCUT2D eigenvalue weighted by atomic mass is 10.1. The maximum Gasteiger partial charge on any atom is 0.344 e. The molecule has 0 fully saturated rings. The third-order valence-corrected chi connectivity index (χ3v) is 7.11. The van der Waals surface area contributed by atoms with Crippen LogP contribution in [0.1, 0.15) is 18.1 Å². The van der Waals surface area contributed by atoms with E-state index in [2.05, 4.69) is 34.1 Å². The fourth-order valence-corrected chi connectivity index (χ4v) is 4.90. The topological polar surface area (TPSA) is 90.4 Å². The number of hydrogen-bond donors (Lipinski definition) is 1. The minimum Gasteiger partial charge on any atom is -0.491 e. The summed E-state index contributed by atoms with van der Waals surface area (Å²) in [7, 11) is 0. The normalized spacial score (nSPS) is 11.2. The first kappa shape index (κ1) is 37.1. The molecular formula is C37H40Cl2N2O6. The van der Waals surface area contributed by atoms with Crippen molar-refractivity contribution in [1.82, 2.24) is 9.88 Å². The monoisotopic (exact) mass is 678 g/mol. The minimum atomic E-state index is -0.625. The van der Waals surface area contributed by atoms with E-state index in [1.807, 2.05) is 72.8 Å². The number of aromatic nitrogens is 1. The van der Waals surface area contributed by atoms with Crippen LogP contribution < -0.4 is 14.2 Å². The van der Waals surface area contributed by atoms with Gasteiger partial charge in [0.1, 0.15) is 35.7 Å². The Morgan fingerprint density at radius 3 is 2.23 bits per heavy atom. The number of pyridine rings is 1. The maximum absolute atomic E-state index is 11.6. The molecule has 8 nitrogen and oxygen atoms in total. The predicted molar refractivity (Wildman–Crippen MR) is 188 cm³/mol. The SMILES string of the molecule is CCOC(=O)COc1ccc2c(Oc3ccc(CCN(Cc4ccccc4)C[C@H](O)COc4ccccc4)cc3)ccnc2c1.Cl.Cl. The number of benzene rings is 4. The van der Waals surface area contributed by atoms with Gasteiger partial charge in [-0.2, -0.15) is 0 Å². The van der Waals surface area contributed by atoms with Crippen LogP contribution in [-0.2, 0) is 22.5 Å². The number of halogens is 2. The van der Waals surface area contributed by atoms with Crippen LogP contribution in [0.25, 0.3) is 10.9 Å². The van der Waals surface area contributed by atoms with Crippen LogP contribution >= 0.6 is 24.8 Å². The number of carbonyl (C=O) groups excluding carboxylic acids is 1. The lowest BCUT2D eigenvalue weighted by Gasteiger charge is -2.25. The fourth-order valence-electron chi connectivity index (χ4n) is 4.90. The van der Waals surface area contributed by atoms with Gasteiger partial charge in [-0.15, -0.1) is 24.8 Å². The summed E-state index contributed by atoms with van der Waals surface area (Å²) in [4.78, 5) is 18.3. The van der Waals surface area contributed by atoms with Gasteiger partial charge in [0.2, 0.25) is 0 Å². The zero-order chi connectivity index (χ0) is 31.3. The van der Waals surface area contributed by atoms with E-state index in [-0.39, 0.29) is 38.0 Å². The Morgan fingerprint density at radius 1 is 0.809 bits per heavy atom. The molecule has 0 saturated carbocycles. The minimum absolute atomic E-state index is 0. The zero-order valence-electron chi connectivity index (χ0n) is 26.2. The third kappa shape index (κ3) is 11.8. The van der Waals surface area contributed by atoms with Crippen molar-refractivity contribution < 1.29 is 28.8 Å². The highest BCUT2D eigenvalue weighted by Gasteiger charge is 2.14. The highest BCUT2D eigenvalue weighted by molar-refractivity contribution is 5.86. The Morgan fingerprint density at radius 2 is 1.51 bits per heavy atom. The number of ether oxygens (including phenoxy) is 4. The summed E-state index contributed by atoms with van der Waals surface area (Å²) in [5.74, 6) is 2.25. The van der Waals surface area contributed by atoms with E-state index in [0.717, 1.165) is 30.6 Å². The van der Waals surface area contributed by atoms with E-state index < -0.39 is 12.1 Å². The Balaban J connectivity index is 0.00000300. The molecule has 0 aliphatic carbocycles. The van der Waals surface area contributed by atoms with Crippen molar-refractivity contribution in [3.05, 3.63) is 127 Å². The summed E-state index contributed by atoms with van der Waals surface area (Å²) >= 11 is 0. The molecule has 0 aliphatic rings. The molecule has 0 radical (unpaired) electrons. The maximum atomic E-state index is 11.6. The Bertz CT molecular complexity index is 1640. The molecular weight excluding hydrogens is 639 g/mol.